The fourth-order valence-electron chi connectivity index (χ4n) is 3.52. The summed E-state index contributed by atoms with van der Waals surface area (Å²) in [6.45, 7) is 7.27. The van der Waals surface area contributed by atoms with Crippen LogP contribution in [0.5, 0.6) is 11.5 Å². The molecule has 2 aromatic carbocycles. The van der Waals surface area contributed by atoms with E-state index >= 15 is 0 Å². The van der Waals surface area contributed by atoms with Gasteiger partial charge in [-0.25, -0.2) is 0 Å². The number of halogens is 1. The molecule has 0 unspecified atom stereocenters. The molecule has 2 heterocycles. The van der Waals surface area contributed by atoms with Crippen LogP contribution in [0.1, 0.15) is 11.1 Å². The molecule has 28 heavy (non-hydrogen) atoms. The van der Waals surface area contributed by atoms with Gasteiger partial charge in [-0.15, -0.1) is 0 Å². The third-order valence-electron chi connectivity index (χ3n) is 5.07. The lowest BCUT2D eigenvalue weighted by Gasteiger charge is -2.34. The fraction of sp³-hybridized carbons (Fsp3) is 0.381. The molecule has 0 saturated carbocycles. The Kier molecular flexibility index (Phi) is 5.85. The summed E-state index contributed by atoms with van der Waals surface area (Å²) < 4.78 is 11.7. The maximum atomic E-state index is 12.4. The van der Waals surface area contributed by atoms with E-state index in [-0.39, 0.29) is 5.91 Å². The quantitative estimate of drug-likeness (QED) is 0.765. The van der Waals surface area contributed by atoms with Crippen molar-refractivity contribution in [3.8, 4) is 11.5 Å². The summed E-state index contributed by atoms with van der Waals surface area (Å²) in [7, 11) is 0. The summed E-state index contributed by atoms with van der Waals surface area (Å²) in [6, 6.07) is 12.1. The molecule has 0 spiro atoms. The molecule has 0 bridgehead atoms. The number of rotatable bonds is 5. The number of amides is 1. The van der Waals surface area contributed by atoms with Crippen LogP contribution >= 0.6 is 15.9 Å². The Morgan fingerprint density at radius 3 is 2.57 bits per heavy atom. The number of nitrogens with zero attached hydrogens (tertiary/aromatic N) is 2. The molecule has 7 heteroatoms. The predicted molar refractivity (Wildman–Crippen MR) is 112 cm³/mol. The van der Waals surface area contributed by atoms with Crippen LogP contribution < -0.4 is 14.8 Å². The van der Waals surface area contributed by atoms with E-state index in [4.69, 9.17) is 9.47 Å². The first-order chi connectivity index (χ1) is 13.6. The van der Waals surface area contributed by atoms with E-state index in [2.05, 4.69) is 43.2 Å². The smallest absolute Gasteiger partial charge is 0.238 e. The maximum absolute atomic E-state index is 12.4. The first-order valence-electron chi connectivity index (χ1n) is 9.46. The number of piperazine rings is 1. The van der Waals surface area contributed by atoms with Crippen LogP contribution in [0.3, 0.4) is 0 Å². The van der Waals surface area contributed by atoms with Crippen LogP contribution in [0.25, 0.3) is 0 Å². The number of anilines is 1. The van der Waals surface area contributed by atoms with Gasteiger partial charge in [0.2, 0.25) is 12.7 Å². The van der Waals surface area contributed by atoms with Crippen molar-refractivity contribution in [1.29, 1.82) is 0 Å². The molecule has 0 atom stereocenters. The minimum absolute atomic E-state index is 0.0220. The second-order valence-corrected chi connectivity index (χ2v) is 8.13. The minimum Gasteiger partial charge on any atom is -0.454 e. The molecule has 0 aliphatic carbocycles. The molecule has 1 N–H and O–H groups in total. The van der Waals surface area contributed by atoms with Crippen molar-refractivity contribution in [3.63, 3.8) is 0 Å². The van der Waals surface area contributed by atoms with E-state index in [0.717, 1.165) is 59.9 Å². The molecule has 1 fully saturated rings. The summed E-state index contributed by atoms with van der Waals surface area (Å²) in [5.74, 6) is 1.67. The Morgan fingerprint density at radius 1 is 1.04 bits per heavy atom. The van der Waals surface area contributed by atoms with E-state index < -0.39 is 0 Å². The molecule has 6 nitrogen and oxygen atoms in total. The number of carbonyl (C=O) groups is 1. The molecular weight excluding hydrogens is 422 g/mol. The third kappa shape index (κ3) is 4.66. The highest BCUT2D eigenvalue weighted by Gasteiger charge is 2.20. The SMILES string of the molecule is Cc1ccc(NC(=O)CN2CCN(Cc3ccc4c(c3)OCO4)CC2)c(Br)c1. The van der Waals surface area contributed by atoms with Gasteiger partial charge in [0, 0.05) is 37.2 Å². The van der Waals surface area contributed by atoms with Gasteiger partial charge in [0.1, 0.15) is 0 Å². The van der Waals surface area contributed by atoms with Crippen LogP contribution in [-0.4, -0.2) is 55.2 Å². The standard InChI is InChI=1S/C21H24BrN3O3/c1-15-2-4-18(17(22)10-15)23-21(26)13-25-8-6-24(7-9-25)12-16-3-5-19-20(11-16)28-14-27-19/h2-5,10-11H,6-9,12-14H2,1H3,(H,23,26). The van der Waals surface area contributed by atoms with Crippen LogP contribution in [0.4, 0.5) is 5.69 Å². The van der Waals surface area contributed by atoms with Gasteiger partial charge in [-0.3, -0.25) is 14.6 Å². The largest absolute Gasteiger partial charge is 0.454 e. The highest BCUT2D eigenvalue weighted by Crippen LogP contribution is 2.32. The predicted octanol–water partition coefficient (Wildman–Crippen LogP) is 3.24. The molecule has 2 aliphatic rings. The van der Waals surface area contributed by atoms with Crippen molar-refractivity contribution in [3.05, 3.63) is 52.0 Å². The number of carbonyl (C=O) groups excluding carboxylic acids is 1. The molecule has 0 radical (unpaired) electrons. The Labute approximate surface area is 173 Å². The zero-order valence-corrected chi connectivity index (χ0v) is 17.5. The van der Waals surface area contributed by atoms with E-state index in [1.807, 2.05) is 31.2 Å². The fourth-order valence-corrected chi connectivity index (χ4v) is 4.11. The number of hydrogen-bond acceptors (Lipinski definition) is 5. The second-order valence-electron chi connectivity index (χ2n) is 7.27. The molecular formula is C21H24BrN3O3. The first-order valence-corrected chi connectivity index (χ1v) is 10.3. The van der Waals surface area contributed by atoms with E-state index in [1.54, 1.807) is 0 Å². The van der Waals surface area contributed by atoms with Gasteiger partial charge in [-0.2, -0.15) is 0 Å². The average molecular weight is 446 g/mol. The maximum Gasteiger partial charge on any atom is 0.238 e. The Morgan fingerprint density at radius 2 is 1.79 bits per heavy atom. The lowest BCUT2D eigenvalue weighted by Crippen LogP contribution is -2.48. The lowest BCUT2D eigenvalue weighted by atomic mass is 10.1. The number of aryl methyl sites for hydroxylation is 1. The van der Waals surface area contributed by atoms with Crippen molar-refractivity contribution in [2.45, 2.75) is 13.5 Å². The van der Waals surface area contributed by atoms with Crippen molar-refractivity contribution in [2.24, 2.45) is 0 Å². The van der Waals surface area contributed by atoms with E-state index in [0.29, 0.717) is 13.3 Å². The van der Waals surface area contributed by atoms with Crippen molar-refractivity contribution in [1.82, 2.24) is 9.80 Å². The van der Waals surface area contributed by atoms with Gasteiger partial charge in [0.15, 0.2) is 11.5 Å². The monoisotopic (exact) mass is 445 g/mol. The van der Waals surface area contributed by atoms with Gasteiger partial charge in [-0.1, -0.05) is 12.1 Å². The summed E-state index contributed by atoms with van der Waals surface area (Å²) >= 11 is 3.51. The van der Waals surface area contributed by atoms with E-state index in [1.165, 1.54) is 5.56 Å². The van der Waals surface area contributed by atoms with Crippen LogP contribution in [0.2, 0.25) is 0 Å². The average Bonchev–Trinajstić information content (AvgIpc) is 3.13. The van der Waals surface area contributed by atoms with Crippen LogP contribution in [-0.2, 0) is 11.3 Å². The highest BCUT2D eigenvalue weighted by atomic mass is 79.9. The van der Waals surface area contributed by atoms with Gasteiger partial charge in [0.05, 0.1) is 12.2 Å². The number of nitrogens with one attached hydrogen (secondary N) is 1. The number of fused-ring (bicyclic) bond motifs is 1. The van der Waals surface area contributed by atoms with Crippen molar-refractivity contribution in [2.75, 3.05) is 44.8 Å². The first kappa shape index (κ1) is 19.2. The summed E-state index contributed by atoms with van der Waals surface area (Å²) in [5.41, 5.74) is 3.19. The molecule has 0 aromatic heterocycles. The lowest BCUT2D eigenvalue weighted by molar-refractivity contribution is -0.117. The Balaban J connectivity index is 1.24. The highest BCUT2D eigenvalue weighted by molar-refractivity contribution is 9.10. The van der Waals surface area contributed by atoms with Crippen molar-refractivity contribution < 1.29 is 14.3 Å². The van der Waals surface area contributed by atoms with Gasteiger partial charge < -0.3 is 14.8 Å². The normalized spacial score (nSPS) is 16.9. The summed E-state index contributed by atoms with van der Waals surface area (Å²) in [5, 5.41) is 2.99. The molecule has 2 aliphatic heterocycles. The molecule has 1 amide bonds. The Bertz CT molecular complexity index is 866. The van der Waals surface area contributed by atoms with E-state index in [9.17, 15) is 4.79 Å². The molecule has 148 valence electrons. The molecule has 2 aromatic rings. The summed E-state index contributed by atoms with van der Waals surface area (Å²) in [6.07, 6.45) is 0. The zero-order chi connectivity index (χ0) is 19.5. The molecule has 1 saturated heterocycles. The van der Waals surface area contributed by atoms with Gasteiger partial charge in [0.25, 0.3) is 0 Å². The van der Waals surface area contributed by atoms with Gasteiger partial charge in [-0.05, 0) is 58.2 Å². The van der Waals surface area contributed by atoms with Crippen molar-refractivity contribution >= 4 is 27.5 Å². The second kappa shape index (κ2) is 8.51. The zero-order valence-electron chi connectivity index (χ0n) is 15.9. The van der Waals surface area contributed by atoms with Gasteiger partial charge >= 0.3 is 0 Å². The number of hydrogen-bond donors (Lipinski definition) is 1. The number of benzene rings is 2. The minimum atomic E-state index is 0.0220. The summed E-state index contributed by atoms with van der Waals surface area (Å²) in [4.78, 5) is 17.0. The third-order valence-corrected chi connectivity index (χ3v) is 5.73. The van der Waals surface area contributed by atoms with Crippen LogP contribution in [0, 0.1) is 6.92 Å². The Hall–Kier alpha value is -2.09. The molecule has 4 rings (SSSR count). The van der Waals surface area contributed by atoms with Crippen LogP contribution in [0.15, 0.2) is 40.9 Å². The number of ether oxygens (including phenoxy) is 2. The topological polar surface area (TPSA) is 54.0 Å².